The largest absolute Gasteiger partial charge is 0.507 e. The minimum atomic E-state index is -0.589. The molecule has 3 heterocycles. The van der Waals surface area contributed by atoms with Crippen molar-refractivity contribution in [3.63, 3.8) is 0 Å². The molecule has 2 aromatic heterocycles. The number of phenols is 1. The maximum Gasteiger partial charge on any atom is 0.249 e. The van der Waals surface area contributed by atoms with Gasteiger partial charge in [-0.3, -0.25) is 9.78 Å². The SMILES string of the molecule is Cc1ccc2c(N3CC[C@H](c4cnccc4C(N)=O)C3)nc(-c3c(O)cccc3F)nc2c1. The van der Waals surface area contributed by atoms with Crippen LogP contribution in [0.3, 0.4) is 0 Å². The number of anilines is 1. The third-order valence-corrected chi connectivity index (χ3v) is 6.09. The number of phenolic OH excluding ortho intramolecular Hbond substituents is 1. The van der Waals surface area contributed by atoms with Gasteiger partial charge in [-0.25, -0.2) is 14.4 Å². The van der Waals surface area contributed by atoms with Crippen LogP contribution in [0.25, 0.3) is 22.3 Å². The van der Waals surface area contributed by atoms with Crippen LogP contribution < -0.4 is 10.6 Å². The highest BCUT2D eigenvalue weighted by Gasteiger charge is 2.29. The van der Waals surface area contributed by atoms with Crippen molar-refractivity contribution in [1.29, 1.82) is 0 Å². The predicted octanol–water partition coefficient (Wildman–Crippen LogP) is 3.94. The molecule has 33 heavy (non-hydrogen) atoms. The van der Waals surface area contributed by atoms with Gasteiger partial charge in [-0.2, -0.15) is 0 Å². The Morgan fingerprint density at radius 1 is 1.21 bits per heavy atom. The highest BCUT2D eigenvalue weighted by atomic mass is 19.1. The average molecular weight is 443 g/mol. The second-order valence-electron chi connectivity index (χ2n) is 8.28. The van der Waals surface area contributed by atoms with Gasteiger partial charge in [-0.05, 0) is 54.8 Å². The van der Waals surface area contributed by atoms with E-state index in [0.717, 1.165) is 22.9 Å². The molecule has 7 nitrogen and oxygen atoms in total. The molecule has 166 valence electrons. The van der Waals surface area contributed by atoms with Crippen molar-refractivity contribution in [2.24, 2.45) is 5.73 Å². The summed E-state index contributed by atoms with van der Waals surface area (Å²) < 4.78 is 14.6. The van der Waals surface area contributed by atoms with E-state index in [0.29, 0.717) is 30.0 Å². The summed E-state index contributed by atoms with van der Waals surface area (Å²) in [6.45, 7) is 3.23. The Hall–Kier alpha value is -4.07. The molecule has 0 aliphatic carbocycles. The summed E-state index contributed by atoms with van der Waals surface area (Å²) in [6.07, 6.45) is 4.03. The van der Waals surface area contributed by atoms with Gasteiger partial charge in [-0.15, -0.1) is 0 Å². The van der Waals surface area contributed by atoms with Crippen molar-refractivity contribution in [3.05, 3.63) is 77.4 Å². The molecule has 0 unspecified atom stereocenters. The predicted molar refractivity (Wildman–Crippen MR) is 124 cm³/mol. The molecule has 0 saturated carbocycles. The molecule has 1 aliphatic heterocycles. The molecule has 1 aliphatic rings. The monoisotopic (exact) mass is 443 g/mol. The number of nitrogens with zero attached hydrogens (tertiary/aromatic N) is 4. The molecule has 1 saturated heterocycles. The first-order valence-corrected chi connectivity index (χ1v) is 10.7. The zero-order valence-corrected chi connectivity index (χ0v) is 18.0. The summed E-state index contributed by atoms with van der Waals surface area (Å²) in [6, 6.07) is 11.6. The number of aryl methyl sites for hydroxylation is 1. The molecule has 3 N–H and O–H groups in total. The van der Waals surface area contributed by atoms with Crippen molar-refractivity contribution in [2.45, 2.75) is 19.3 Å². The van der Waals surface area contributed by atoms with Crippen LogP contribution in [0.5, 0.6) is 5.75 Å². The molecule has 0 bridgehead atoms. The maximum atomic E-state index is 14.6. The van der Waals surface area contributed by atoms with Crippen LogP contribution in [0.2, 0.25) is 0 Å². The molecule has 2 aromatic carbocycles. The van der Waals surface area contributed by atoms with E-state index in [1.54, 1.807) is 18.5 Å². The van der Waals surface area contributed by atoms with E-state index in [2.05, 4.69) is 14.9 Å². The number of pyridine rings is 1. The van der Waals surface area contributed by atoms with Crippen LogP contribution in [-0.4, -0.2) is 39.1 Å². The van der Waals surface area contributed by atoms with E-state index in [9.17, 15) is 14.3 Å². The second kappa shape index (κ2) is 8.12. The molecule has 8 heteroatoms. The number of fused-ring (bicyclic) bond motifs is 1. The Balaban J connectivity index is 1.61. The molecule has 1 amide bonds. The summed E-state index contributed by atoms with van der Waals surface area (Å²) in [5.74, 6) is -0.457. The lowest BCUT2D eigenvalue weighted by Crippen LogP contribution is -2.22. The number of hydrogen-bond donors (Lipinski definition) is 2. The van der Waals surface area contributed by atoms with E-state index in [1.807, 2.05) is 25.1 Å². The normalized spacial score (nSPS) is 15.8. The topological polar surface area (TPSA) is 105 Å². The number of carbonyl (C=O) groups is 1. The highest BCUT2D eigenvalue weighted by molar-refractivity contribution is 5.95. The standard InChI is InChI=1S/C25H22FN5O2/c1-14-5-6-17-20(11-14)29-24(22-19(26)3-2-4-21(22)32)30-25(17)31-10-8-15(13-31)18-12-28-9-7-16(18)23(27)33/h2-7,9,11-12,15,32H,8,10,13H2,1H3,(H2,27,33)/t15-/m0/s1. The van der Waals surface area contributed by atoms with E-state index in [4.69, 9.17) is 10.7 Å². The number of aromatic hydroxyl groups is 1. The lowest BCUT2D eigenvalue weighted by molar-refractivity contribution is 0.0999. The van der Waals surface area contributed by atoms with E-state index in [1.165, 1.54) is 18.2 Å². The fourth-order valence-electron chi connectivity index (χ4n) is 4.47. The van der Waals surface area contributed by atoms with Gasteiger partial charge in [0.2, 0.25) is 5.91 Å². The quantitative estimate of drug-likeness (QED) is 0.495. The molecule has 0 radical (unpaired) electrons. The summed E-state index contributed by atoms with van der Waals surface area (Å²) in [5.41, 5.74) is 8.50. The first-order chi connectivity index (χ1) is 15.9. The fraction of sp³-hybridized carbons (Fsp3) is 0.200. The van der Waals surface area contributed by atoms with Gasteiger partial charge in [0.1, 0.15) is 17.4 Å². The van der Waals surface area contributed by atoms with Crippen molar-refractivity contribution in [1.82, 2.24) is 15.0 Å². The number of primary amides is 1. The minimum absolute atomic E-state index is 0.0267. The van der Waals surface area contributed by atoms with Crippen LogP contribution in [0.4, 0.5) is 10.2 Å². The van der Waals surface area contributed by atoms with E-state index >= 15 is 0 Å². The Morgan fingerprint density at radius 3 is 2.85 bits per heavy atom. The van der Waals surface area contributed by atoms with Gasteiger partial charge in [-0.1, -0.05) is 12.1 Å². The molecule has 5 rings (SSSR count). The van der Waals surface area contributed by atoms with Gasteiger partial charge in [0.25, 0.3) is 0 Å². The molecule has 1 atom stereocenters. The van der Waals surface area contributed by atoms with Crippen LogP contribution in [-0.2, 0) is 0 Å². The van der Waals surface area contributed by atoms with Crippen molar-refractivity contribution < 1.29 is 14.3 Å². The van der Waals surface area contributed by atoms with Gasteiger partial charge in [0.15, 0.2) is 5.82 Å². The Morgan fingerprint density at radius 2 is 2.06 bits per heavy atom. The summed E-state index contributed by atoms with van der Waals surface area (Å²) in [5, 5.41) is 11.2. The summed E-state index contributed by atoms with van der Waals surface area (Å²) in [7, 11) is 0. The number of benzene rings is 2. The van der Waals surface area contributed by atoms with E-state index < -0.39 is 11.7 Å². The lowest BCUT2D eigenvalue weighted by Gasteiger charge is -2.21. The number of rotatable bonds is 4. The zero-order valence-electron chi connectivity index (χ0n) is 18.0. The third kappa shape index (κ3) is 3.73. The van der Waals surface area contributed by atoms with Crippen molar-refractivity contribution in [2.75, 3.05) is 18.0 Å². The lowest BCUT2D eigenvalue weighted by atomic mass is 9.95. The summed E-state index contributed by atoms with van der Waals surface area (Å²) >= 11 is 0. The fourth-order valence-corrected chi connectivity index (χ4v) is 4.47. The van der Waals surface area contributed by atoms with Gasteiger partial charge in [0.05, 0.1) is 11.1 Å². The number of aromatic nitrogens is 3. The number of carbonyl (C=O) groups excluding carboxylic acids is 1. The van der Waals surface area contributed by atoms with Crippen molar-refractivity contribution in [3.8, 4) is 17.1 Å². The number of amides is 1. The van der Waals surface area contributed by atoms with Gasteiger partial charge >= 0.3 is 0 Å². The van der Waals surface area contributed by atoms with E-state index in [-0.39, 0.29) is 23.1 Å². The van der Waals surface area contributed by atoms with Crippen LogP contribution in [0.15, 0.2) is 54.9 Å². The number of nitrogens with two attached hydrogens (primary N) is 1. The zero-order chi connectivity index (χ0) is 23.1. The highest BCUT2D eigenvalue weighted by Crippen LogP contribution is 2.37. The molecule has 1 fully saturated rings. The maximum absolute atomic E-state index is 14.6. The molecular formula is C25H22FN5O2. The summed E-state index contributed by atoms with van der Waals surface area (Å²) in [4.78, 5) is 27.4. The first kappa shape index (κ1) is 20.8. The second-order valence-corrected chi connectivity index (χ2v) is 8.28. The van der Waals surface area contributed by atoms with Crippen molar-refractivity contribution >= 4 is 22.6 Å². The molecule has 4 aromatic rings. The van der Waals surface area contributed by atoms with Gasteiger partial charge in [0, 0.05) is 42.4 Å². The Kier molecular flexibility index (Phi) is 5.12. The smallest absolute Gasteiger partial charge is 0.249 e. The number of hydrogen-bond acceptors (Lipinski definition) is 6. The first-order valence-electron chi connectivity index (χ1n) is 10.7. The third-order valence-electron chi connectivity index (χ3n) is 6.09. The Labute approximate surface area is 189 Å². The average Bonchev–Trinajstić information content (AvgIpc) is 3.28. The molecule has 0 spiro atoms. The molecular weight excluding hydrogens is 421 g/mol. The number of halogens is 1. The van der Waals surface area contributed by atoms with Crippen LogP contribution in [0.1, 0.15) is 33.8 Å². The van der Waals surface area contributed by atoms with Crippen LogP contribution in [0, 0.1) is 12.7 Å². The Bertz CT molecular complexity index is 1370. The van der Waals surface area contributed by atoms with Crippen LogP contribution >= 0.6 is 0 Å². The van der Waals surface area contributed by atoms with Gasteiger partial charge < -0.3 is 15.7 Å². The minimum Gasteiger partial charge on any atom is -0.507 e.